The summed E-state index contributed by atoms with van der Waals surface area (Å²) >= 11 is 0. The number of pyridine rings is 1. The van der Waals surface area contributed by atoms with E-state index in [-0.39, 0.29) is 11.6 Å². The Morgan fingerprint density at radius 3 is 2.97 bits per heavy atom. The van der Waals surface area contributed by atoms with Gasteiger partial charge in [0.15, 0.2) is 17.3 Å². The number of aromatic nitrogens is 2. The van der Waals surface area contributed by atoms with Crippen molar-refractivity contribution < 1.29 is 13.7 Å². The van der Waals surface area contributed by atoms with E-state index < -0.39 is 6.10 Å². The lowest BCUT2D eigenvalue weighted by Crippen LogP contribution is -2.17. The number of nitrogens with one attached hydrogen (secondary N) is 2. The normalized spacial score (nSPS) is 17.0. The molecule has 8 heteroatoms. The predicted molar refractivity (Wildman–Crippen MR) is 113 cm³/mol. The fourth-order valence-corrected chi connectivity index (χ4v) is 3.61. The third kappa shape index (κ3) is 3.52. The topological polar surface area (TPSA) is 110 Å². The molecule has 3 heterocycles. The zero-order chi connectivity index (χ0) is 21.3. The molecular weight excluding hydrogens is 385 g/mol. The van der Waals surface area contributed by atoms with Gasteiger partial charge in [-0.05, 0) is 43.7 Å². The van der Waals surface area contributed by atoms with Crippen molar-refractivity contribution in [1.82, 2.24) is 15.5 Å². The fourth-order valence-electron chi connectivity index (χ4n) is 3.61. The van der Waals surface area contributed by atoms with Gasteiger partial charge in [-0.1, -0.05) is 12.1 Å². The van der Waals surface area contributed by atoms with Crippen LogP contribution in [0.4, 0.5) is 10.2 Å². The summed E-state index contributed by atoms with van der Waals surface area (Å²) in [6.07, 6.45) is 4.62. The van der Waals surface area contributed by atoms with Crippen molar-refractivity contribution in [2.75, 3.05) is 5.73 Å². The molecule has 2 aromatic heterocycles. The first-order chi connectivity index (χ1) is 14.5. The van der Waals surface area contributed by atoms with Gasteiger partial charge in [0.25, 0.3) is 0 Å². The number of nitrogens with two attached hydrogens (primary N) is 1. The highest BCUT2D eigenvalue weighted by Gasteiger charge is 2.23. The Balaban J connectivity index is 1.94. The number of hydrogen-bond acceptors (Lipinski definition) is 7. The summed E-state index contributed by atoms with van der Waals surface area (Å²) in [4.78, 5) is 4.28. The highest BCUT2D eigenvalue weighted by atomic mass is 19.1. The van der Waals surface area contributed by atoms with Crippen molar-refractivity contribution in [2.45, 2.75) is 32.9 Å². The van der Waals surface area contributed by atoms with Crippen LogP contribution < -0.4 is 15.8 Å². The number of benzene rings is 1. The summed E-state index contributed by atoms with van der Waals surface area (Å²) in [6.45, 7) is 4.14. The first-order valence-electron chi connectivity index (χ1n) is 9.66. The third-order valence-electron chi connectivity index (χ3n) is 5.07. The highest BCUT2D eigenvalue weighted by Crippen LogP contribution is 2.36. The Hall–Kier alpha value is -3.68. The molecule has 154 valence electrons. The highest BCUT2D eigenvalue weighted by molar-refractivity contribution is 5.83. The predicted octanol–water partition coefficient (Wildman–Crippen LogP) is 4.25. The molecule has 0 amide bonds. The van der Waals surface area contributed by atoms with Crippen LogP contribution in [0.15, 0.2) is 41.1 Å². The number of fused-ring (bicyclic) bond motifs is 5. The maximum absolute atomic E-state index is 14.1. The number of nitrogen functional groups attached to an aromatic ring is 1. The van der Waals surface area contributed by atoms with Crippen molar-refractivity contribution in [2.24, 2.45) is 0 Å². The zero-order valence-electron chi connectivity index (χ0n) is 16.7. The van der Waals surface area contributed by atoms with Gasteiger partial charge in [-0.15, -0.1) is 0 Å². The number of nitrogens with zero attached hydrogens (tertiary/aromatic N) is 2. The first kappa shape index (κ1) is 19.6. The van der Waals surface area contributed by atoms with E-state index in [1.165, 1.54) is 18.3 Å². The summed E-state index contributed by atoms with van der Waals surface area (Å²) < 4.78 is 25.8. The van der Waals surface area contributed by atoms with Crippen LogP contribution in [0.2, 0.25) is 0 Å². The third-order valence-corrected chi connectivity index (χ3v) is 5.07. The monoisotopic (exact) mass is 407 g/mol. The molecule has 1 aliphatic heterocycles. The molecule has 4 N–H and O–H groups in total. The maximum Gasteiger partial charge on any atom is 0.166 e. The number of ether oxygens (including phenoxy) is 1. The summed E-state index contributed by atoms with van der Waals surface area (Å²) in [6, 6.07) is 6.27. The van der Waals surface area contributed by atoms with Gasteiger partial charge in [-0.25, -0.2) is 9.37 Å². The van der Waals surface area contributed by atoms with Crippen molar-refractivity contribution in [1.29, 1.82) is 5.41 Å². The van der Waals surface area contributed by atoms with Crippen LogP contribution in [0, 0.1) is 11.2 Å². The second-order valence-corrected chi connectivity index (χ2v) is 6.98. The number of allylic oxidation sites excluding steroid dienone is 1. The van der Waals surface area contributed by atoms with E-state index in [0.717, 1.165) is 16.8 Å². The van der Waals surface area contributed by atoms with Gasteiger partial charge in [-0.2, -0.15) is 0 Å². The van der Waals surface area contributed by atoms with Crippen molar-refractivity contribution in [3.05, 3.63) is 64.9 Å². The Bertz CT molecular complexity index is 1140. The molecule has 0 aliphatic carbocycles. The van der Waals surface area contributed by atoms with Crippen molar-refractivity contribution in [3.8, 4) is 16.9 Å². The SMILES string of the molecule is CCc1noc2c1-c1cnc(N)c(c1)OC(C)c1cc(F)ccc1/C(=C/C=N)NC2. The lowest BCUT2D eigenvalue weighted by Gasteiger charge is -2.22. The molecule has 30 heavy (non-hydrogen) atoms. The van der Waals surface area contributed by atoms with Crippen LogP contribution in [0.3, 0.4) is 0 Å². The van der Waals surface area contributed by atoms with E-state index in [1.54, 1.807) is 18.3 Å². The molecule has 0 saturated heterocycles. The summed E-state index contributed by atoms with van der Waals surface area (Å²) in [5.41, 5.74) is 10.5. The van der Waals surface area contributed by atoms with Crippen LogP contribution in [0.5, 0.6) is 5.75 Å². The van der Waals surface area contributed by atoms with Crippen LogP contribution in [0.1, 0.15) is 42.5 Å². The average molecular weight is 407 g/mol. The van der Waals surface area contributed by atoms with Crippen molar-refractivity contribution >= 4 is 17.7 Å². The van der Waals surface area contributed by atoms with Crippen LogP contribution in [-0.4, -0.2) is 16.4 Å². The minimum absolute atomic E-state index is 0.241. The Labute approximate surface area is 173 Å². The van der Waals surface area contributed by atoms with Gasteiger partial charge >= 0.3 is 0 Å². The molecule has 3 aromatic rings. The van der Waals surface area contributed by atoms with E-state index in [2.05, 4.69) is 15.5 Å². The number of rotatable bonds is 2. The van der Waals surface area contributed by atoms with Gasteiger partial charge in [0, 0.05) is 34.8 Å². The maximum atomic E-state index is 14.1. The number of anilines is 1. The molecule has 1 aliphatic rings. The van der Waals surface area contributed by atoms with Gasteiger partial charge in [0.1, 0.15) is 11.9 Å². The molecule has 0 saturated carbocycles. The molecule has 0 spiro atoms. The second kappa shape index (κ2) is 7.98. The summed E-state index contributed by atoms with van der Waals surface area (Å²) in [5.74, 6) is 0.883. The molecule has 1 aromatic carbocycles. The van der Waals surface area contributed by atoms with Gasteiger partial charge in [0.2, 0.25) is 0 Å². The van der Waals surface area contributed by atoms with Gasteiger partial charge in [0.05, 0.1) is 17.8 Å². The minimum Gasteiger partial charge on any atom is -0.482 e. The molecule has 1 unspecified atom stereocenters. The van der Waals surface area contributed by atoms with E-state index in [1.807, 2.05) is 19.9 Å². The zero-order valence-corrected chi connectivity index (χ0v) is 16.7. The molecule has 4 rings (SSSR count). The Kier molecular flexibility index (Phi) is 5.22. The van der Waals surface area contributed by atoms with E-state index >= 15 is 0 Å². The molecule has 7 nitrogen and oxygen atoms in total. The van der Waals surface area contributed by atoms with E-state index in [4.69, 9.17) is 20.4 Å². The molecule has 0 fully saturated rings. The Morgan fingerprint density at radius 2 is 2.20 bits per heavy atom. The molecular formula is C22H22FN5O2. The summed E-state index contributed by atoms with van der Waals surface area (Å²) in [7, 11) is 0. The lowest BCUT2D eigenvalue weighted by atomic mass is 9.98. The van der Waals surface area contributed by atoms with E-state index in [0.29, 0.717) is 41.3 Å². The van der Waals surface area contributed by atoms with E-state index in [9.17, 15) is 4.39 Å². The van der Waals surface area contributed by atoms with Gasteiger partial charge < -0.3 is 25.7 Å². The number of aryl methyl sites for hydroxylation is 1. The molecule has 2 bridgehead atoms. The lowest BCUT2D eigenvalue weighted by molar-refractivity contribution is 0.227. The summed E-state index contributed by atoms with van der Waals surface area (Å²) in [5, 5.41) is 15.0. The molecule has 1 atom stereocenters. The largest absolute Gasteiger partial charge is 0.482 e. The fraction of sp³-hybridized carbons (Fsp3) is 0.227. The second-order valence-electron chi connectivity index (χ2n) is 6.98. The van der Waals surface area contributed by atoms with Crippen LogP contribution in [0.25, 0.3) is 16.8 Å². The van der Waals surface area contributed by atoms with Crippen molar-refractivity contribution in [3.63, 3.8) is 0 Å². The minimum atomic E-state index is -0.516. The van der Waals surface area contributed by atoms with Crippen LogP contribution >= 0.6 is 0 Å². The Morgan fingerprint density at radius 1 is 1.37 bits per heavy atom. The van der Waals surface area contributed by atoms with Gasteiger partial charge in [-0.3, -0.25) is 0 Å². The molecule has 0 radical (unpaired) electrons. The quantitative estimate of drug-likeness (QED) is 0.548. The number of hydrogen-bond donors (Lipinski definition) is 3. The standard InChI is InChI=1S/C22H22FN5O2/c1-3-17-21-13-8-19(22(25)27-10-13)29-12(2)16-9-14(23)4-5-15(16)18(6-7-24)26-11-20(21)30-28-17/h4-10,12,24,26H,3,11H2,1-2H3,(H2,25,27)/b18-6-,24-7?. The first-order valence-corrected chi connectivity index (χ1v) is 9.66. The van der Waals surface area contributed by atoms with Crippen LogP contribution in [-0.2, 0) is 13.0 Å². The number of halogens is 1. The smallest absolute Gasteiger partial charge is 0.166 e. The average Bonchev–Trinajstić information content (AvgIpc) is 3.15.